The number of hydrogen-bond donors (Lipinski definition) is 0. The first-order valence-electron chi connectivity index (χ1n) is 12.7. The average Bonchev–Trinajstić information content (AvgIpc) is 2.83. The molecule has 2 aliphatic carbocycles. The SMILES string of the molecule is Cc1ccc(C(C(=O)C(C=O)c2ccc(C)cc2C2CCCCC2)C2CCCCC2)cc1. The number of benzene rings is 2. The Hall–Kier alpha value is -2.22. The van der Waals surface area contributed by atoms with E-state index in [0.29, 0.717) is 11.8 Å². The van der Waals surface area contributed by atoms with E-state index >= 15 is 0 Å². The summed E-state index contributed by atoms with van der Waals surface area (Å²) in [5, 5.41) is 0. The van der Waals surface area contributed by atoms with Crippen LogP contribution in [0.25, 0.3) is 0 Å². The quantitative estimate of drug-likeness (QED) is 0.335. The van der Waals surface area contributed by atoms with Gasteiger partial charge in [0.05, 0.1) is 5.92 Å². The highest BCUT2D eigenvalue weighted by Crippen LogP contribution is 2.42. The van der Waals surface area contributed by atoms with Crippen LogP contribution in [0.1, 0.15) is 110 Å². The molecule has 0 aliphatic heterocycles. The number of aldehydes is 1. The van der Waals surface area contributed by atoms with Gasteiger partial charge in [-0.15, -0.1) is 0 Å². The number of ketones is 1. The molecule has 0 saturated heterocycles. The number of hydrogen-bond acceptors (Lipinski definition) is 2. The van der Waals surface area contributed by atoms with Crippen LogP contribution >= 0.6 is 0 Å². The van der Waals surface area contributed by atoms with Crippen LogP contribution in [0.2, 0.25) is 0 Å². The van der Waals surface area contributed by atoms with Crippen molar-refractivity contribution < 1.29 is 9.59 Å². The van der Waals surface area contributed by atoms with E-state index in [4.69, 9.17) is 0 Å². The summed E-state index contributed by atoms with van der Waals surface area (Å²) < 4.78 is 0. The van der Waals surface area contributed by atoms with Crippen molar-refractivity contribution in [3.05, 3.63) is 70.3 Å². The lowest BCUT2D eigenvalue weighted by Crippen LogP contribution is -2.30. The Labute approximate surface area is 193 Å². The van der Waals surface area contributed by atoms with Gasteiger partial charge in [0, 0.05) is 5.92 Å². The molecule has 2 heteroatoms. The normalized spacial score (nSPS) is 19.9. The largest absolute Gasteiger partial charge is 0.302 e. The van der Waals surface area contributed by atoms with Crippen molar-refractivity contribution in [1.29, 1.82) is 0 Å². The molecule has 0 heterocycles. The zero-order valence-corrected chi connectivity index (χ0v) is 19.8. The molecule has 4 rings (SSSR count). The molecule has 170 valence electrons. The van der Waals surface area contributed by atoms with Crippen molar-refractivity contribution >= 4 is 12.1 Å². The molecule has 0 amide bonds. The highest BCUT2D eigenvalue weighted by atomic mass is 16.1. The van der Waals surface area contributed by atoms with E-state index in [1.54, 1.807) is 0 Å². The van der Waals surface area contributed by atoms with Crippen LogP contribution in [0.15, 0.2) is 42.5 Å². The van der Waals surface area contributed by atoms with E-state index in [9.17, 15) is 9.59 Å². The summed E-state index contributed by atoms with van der Waals surface area (Å²) in [5.41, 5.74) is 5.73. The van der Waals surface area contributed by atoms with Gasteiger partial charge >= 0.3 is 0 Å². The molecule has 2 aromatic carbocycles. The second-order valence-corrected chi connectivity index (χ2v) is 10.3. The topological polar surface area (TPSA) is 34.1 Å². The van der Waals surface area contributed by atoms with Crippen LogP contribution in [-0.2, 0) is 9.59 Å². The predicted molar refractivity (Wildman–Crippen MR) is 131 cm³/mol. The van der Waals surface area contributed by atoms with Crippen LogP contribution in [-0.4, -0.2) is 12.1 Å². The molecule has 2 nitrogen and oxygen atoms in total. The predicted octanol–water partition coefficient (Wildman–Crippen LogP) is 7.57. The third-order valence-electron chi connectivity index (χ3n) is 7.93. The van der Waals surface area contributed by atoms with Crippen molar-refractivity contribution in [1.82, 2.24) is 0 Å². The summed E-state index contributed by atoms with van der Waals surface area (Å²) in [4.78, 5) is 26.7. The summed E-state index contributed by atoms with van der Waals surface area (Å²) >= 11 is 0. The Bertz CT molecular complexity index is 914. The summed E-state index contributed by atoms with van der Waals surface area (Å²) in [7, 11) is 0. The van der Waals surface area contributed by atoms with E-state index in [0.717, 1.165) is 30.3 Å². The lowest BCUT2D eigenvalue weighted by atomic mass is 9.70. The van der Waals surface area contributed by atoms with Crippen molar-refractivity contribution in [2.45, 2.75) is 95.8 Å². The van der Waals surface area contributed by atoms with E-state index in [-0.39, 0.29) is 11.7 Å². The molecule has 2 aromatic rings. The minimum Gasteiger partial charge on any atom is -0.302 e. The molecular formula is C30H38O2. The Morgan fingerprint density at radius 2 is 1.41 bits per heavy atom. The van der Waals surface area contributed by atoms with E-state index in [1.165, 1.54) is 68.1 Å². The van der Waals surface area contributed by atoms with Gasteiger partial charge < -0.3 is 4.79 Å². The van der Waals surface area contributed by atoms with Crippen LogP contribution in [0.3, 0.4) is 0 Å². The molecule has 0 radical (unpaired) electrons. The second-order valence-electron chi connectivity index (χ2n) is 10.3. The summed E-state index contributed by atoms with van der Waals surface area (Å²) in [6, 6.07) is 14.8. The third-order valence-corrected chi connectivity index (χ3v) is 7.93. The molecule has 0 bridgehead atoms. The van der Waals surface area contributed by atoms with Crippen molar-refractivity contribution in [2.24, 2.45) is 5.92 Å². The molecule has 2 fully saturated rings. The highest BCUT2D eigenvalue weighted by Gasteiger charge is 2.37. The molecule has 32 heavy (non-hydrogen) atoms. The maximum atomic E-state index is 14.1. The first-order valence-corrected chi connectivity index (χ1v) is 12.7. The number of rotatable bonds is 7. The van der Waals surface area contributed by atoms with Crippen molar-refractivity contribution in [3.63, 3.8) is 0 Å². The van der Waals surface area contributed by atoms with Gasteiger partial charge in [-0.25, -0.2) is 0 Å². The average molecular weight is 431 g/mol. The molecule has 0 spiro atoms. The van der Waals surface area contributed by atoms with Gasteiger partial charge in [-0.3, -0.25) is 4.79 Å². The molecule has 0 aromatic heterocycles. The van der Waals surface area contributed by atoms with E-state index in [1.807, 2.05) is 0 Å². The minimum absolute atomic E-state index is 0.108. The standard InChI is InChI=1S/C30H38O2/c1-21-13-16-25(17-14-21)29(24-11-7-4-8-12-24)30(32)28(20-31)26-18-15-22(2)19-27(26)23-9-5-3-6-10-23/h13-20,23-24,28-29H,3-12H2,1-2H3. The van der Waals surface area contributed by atoms with Crippen LogP contribution in [0, 0.1) is 19.8 Å². The van der Waals surface area contributed by atoms with E-state index in [2.05, 4.69) is 56.3 Å². The zero-order chi connectivity index (χ0) is 22.5. The van der Waals surface area contributed by atoms with Crippen LogP contribution in [0.5, 0.6) is 0 Å². The first kappa shape index (κ1) is 23.0. The molecule has 2 unspecified atom stereocenters. The fourth-order valence-electron chi connectivity index (χ4n) is 6.14. The maximum absolute atomic E-state index is 14.1. The smallest absolute Gasteiger partial charge is 0.155 e. The Kier molecular flexibility index (Phi) is 7.60. The number of carbonyl (C=O) groups is 2. The maximum Gasteiger partial charge on any atom is 0.155 e. The van der Waals surface area contributed by atoms with Gasteiger partial charge in [-0.05, 0) is 68.1 Å². The lowest BCUT2D eigenvalue weighted by molar-refractivity contribution is -0.126. The fourth-order valence-corrected chi connectivity index (χ4v) is 6.14. The summed E-state index contributed by atoms with van der Waals surface area (Å²) in [6.07, 6.45) is 12.8. The highest BCUT2D eigenvalue weighted by molar-refractivity contribution is 6.03. The van der Waals surface area contributed by atoms with Crippen LogP contribution in [0.4, 0.5) is 0 Å². The summed E-state index contributed by atoms with van der Waals surface area (Å²) in [5.74, 6) is 0.0652. The van der Waals surface area contributed by atoms with Crippen molar-refractivity contribution in [2.75, 3.05) is 0 Å². The molecule has 2 atom stereocenters. The monoisotopic (exact) mass is 430 g/mol. The molecule has 2 aliphatic rings. The fraction of sp³-hybridized carbons (Fsp3) is 0.533. The van der Waals surface area contributed by atoms with Crippen LogP contribution < -0.4 is 0 Å². The number of aryl methyl sites for hydroxylation is 2. The first-order chi connectivity index (χ1) is 15.6. The van der Waals surface area contributed by atoms with Gasteiger partial charge in [0.1, 0.15) is 6.29 Å². The third kappa shape index (κ3) is 5.05. The van der Waals surface area contributed by atoms with Gasteiger partial charge in [-0.2, -0.15) is 0 Å². The molecule has 0 N–H and O–H groups in total. The van der Waals surface area contributed by atoms with Gasteiger partial charge in [-0.1, -0.05) is 92.1 Å². The van der Waals surface area contributed by atoms with Gasteiger partial charge in [0.25, 0.3) is 0 Å². The number of carbonyl (C=O) groups excluding carboxylic acids is 2. The zero-order valence-electron chi connectivity index (χ0n) is 19.8. The van der Waals surface area contributed by atoms with E-state index < -0.39 is 5.92 Å². The lowest BCUT2D eigenvalue weighted by Gasteiger charge is -2.32. The number of Topliss-reactive ketones (excluding diaryl/α,β-unsaturated/α-hetero) is 1. The minimum atomic E-state index is -0.666. The molecular weight excluding hydrogens is 392 g/mol. The molecule has 2 saturated carbocycles. The van der Waals surface area contributed by atoms with Crippen molar-refractivity contribution in [3.8, 4) is 0 Å². The van der Waals surface area contributed by atoms with Gasteiger partial charge in [0.15, 0.2) is 5.78 Å². The Morgan fingerprint density at radius 1 is 0.812 bits per heavy atom. The van der Waals surface area contributed by atoms with Gasteiger partial charge in [0.2, 0.25) is 0 Å². The second kappa shape index (κ2) is 10.6. The summed E-state index contributed by atoms with van der Waals surface area (Å²) in [6.45, 7) is 4.20. The Morgan fingerprint density at radius 3 is 2.03 bits per heavy atom. The Balaban J connectivity index is 1.72.